The Hall–Kier alpha value is -2.16. The maximum Gasteiger partial charge on any atom is 0.309 e. The number of halogens is 1. The summed E-state index contributed by atoms with van der Waals surface area (Å²) in [6.45, 7) is 4.39. The Morgan fingerprint density at radius 3 is 2.36 bits per heavy atom. The van der Waals surface area contributed by atoms with E-state index in [2.05, 4.69) is 0 Å². The molecule has 0 unspecified atom stereocenters. The van der Waals surface area contributed by atoms with E-state index in [9.17, 15) is 22.4 Å². The monoisotopic (exact) mass is 414 g/mol. The molecule has 28 heavy (non-hydrogen) atoms. The van der Waals surface area contributed by atoms with Crippen molar-refractivity contribution in [3.8, 4) is 0 Å². The molecule has 1 fully saturated rings. The van der Waals surface area contributed by atoms with Gasteiger partial charge in [0.25, 0.3) is 0 Å². The average molecular weight is 414 g/mol. The molecule has 1 heterocycles. The summed E-state index contributed by atoms with van der Waals surface area (Å²) in [6, 6.07) is 4.45. The fourth-order valence-electron chi connectivity index (χ4n) is 3.46. The van der Waals surface area contributed by atoms with Crippen LogP contribution in [0, 0.1) is 11.7 Å². The second kappa shape index (κ2) is 9.36. The molecule has 0 N–H and O–H groups in total. The first-order valence-corrected chi connectivity index (χ1v) is 11.2. The molecular weight excluding hydrogens is 387 g/mol. The third-order valence-electron chi connectivity index (χ3n) is 4.83. The number of rotatable bonds is 7. The van der Waals surface area contributed by atoms with Gasteiger partial charge in [0.15, 0.2) is 0 Å². The van der Waals surface area contributed by atoms with Crippen molar-refractivity contribution in [2.24, 2.45) is 5.92 Å². The van der Waals surface area contributed by atoms with Gasteiger partial charge in [-0.2, -0.15) is 0 Å². The molecule has 156 valence electrons. The first kappa shape index (κ1) is 22.1. The second-order valence-corrected chi connectivity index (χ2v) is 8.65. The molecule has 0 spiro atoms. The number of hydrogen-bond acceptors (Lipinski definition) is 5. The van der Waals surface area contributed by atoms with Gasteiger partial charge in [-0.05, 0) is 38.3 Å². The summed E-state index contributed by atoms with van der Waals surface area (Å²) in [5.74, 6) is -1.63. The van der Waals surface area contributed by atoms with E-state index in [0.29, 0.717) is 32.5 Å². The minimum Gasteiger partial charge on any atom is -0.466 e. The van der Waals surface area contributed by atoms with Crippen LogP contribution in [-0.2, 0) is 24.3 Å². The predicted octanol–water partition coefficient (Wildman–Crippen LogP) is 2.17. The van der Waals surface area contributed by atoms with E-state index in [0.717, 1.165) is 16.6 Å². The fraction of sp³-hybridized carbons (Fsp3) is 0.579. The van der Waals surface area contributed by atoms with Gasteiger partial charge in [-0.25, -0.2) is 12.8 Å². The molecule has 1 amide bonds. The van der Waals surface area contributed by atoms with Gasteiger partial charge in [-0.1, -0.05) is 19.1 Å². The lowest BCUT2D eigenvalue weighted by atomic mass is 9.96. The number of hydrogen-bond donors (Lipinski definition) is 0. The van der Waals surface area contributed by atoms with Crippen LogP contribution in [0.4, 0.5) is 10.1 Å². The van der Waals surface area contributed by atoms with Crippen LogP contribution in [0.2, 0.25) is 0 Å². The highest BCUT2D eigenvalue weighted by Crippen LogP contribution is 2.27. The fourth-order valence-corrected chi connectivity index (χ4v) is 4.66. The van der Waals surface area contributed by atoms with E-state index >= 15 is 0 Å². The van der Waals surface area contributed by atoms with E-state index in [1.165, 1.54) is 18.2 Å². The average Bonchev–Trinajstić information content (AvgIpc) is 2.66. The molecule has 0 bridgehead atoms. The molecule has 0 aliphatic carbocycles. The van der Waals surface area contributed by atoms with Crippen molar-refractivity contribution >= 4 is 27.6 Å². The van der Waals surface area contributed by atoms with Crippen molar-refractivity contribution in [3.05, 3.63) is 30.1 Å². The topological polar surface area (TPSA) is 84.0 Å². The lowest BCUT2D eigenvalue weighted by Crippen LogP contribution is -2.53. The Morgan fingerprint density at radius 1 is 1.25 bits per heavy atom. The summed E-state index contributed by atoms with van der Waals surface area (Å²) < 4.78 is 45.0. The van der Waals surface area contributed by atoms with E-state index in [-0.39, 0.29) is 24.0 Å². The van der Waals surface area contributed by atoms with E-state index in [1.807, 2.05) is 0 Å². The van der Waals surface area contributed by atoms with Gasteiger partial charge < -0.3 is 9.64 Å². The summed E-state index contributed by atoms with van der Waals surface area (Å²) >= 11 is 0. The van der Waals surface area contributed by atoms with Crippen LogP contribution in [0.5, 0.6) is 0 Å². The molecule has 0 radical (unpaired) electrons. The minimum atomic E-state index is -3.90. The van der Waals surface area contributed by atoms with Crippen LogP contribution < -0.4 is 4.31 Å². The number of sulfonamides is 1. The first-order valence-electron chi connectivity index (χ1n) is 9.40. The van der Waals surface area contributed by atoms with Gasteiger partial charge in [-0.3, -0.25) is 13.9 Å². The van der Waals surface area contributed by atoms with Crippen LogP contribution in [0.25, 0.3) is 0 Å². The molecule has 0 aromatic heterocycles. The van der Waals surface area contributed by atoms with Crippen LogP contribution in [0.15, 0.2) is 24.3 Å². The Labute approximate surface area is 165 Å². The third-order valence-corrected chi connectivity index (χ3v) is 5.99. The Morgan fingerprint density at radius 2 is 1.86 bits per heavy atom. The van der Waals surface area contributed by atoms with Gasteiger partial charge in [0, 0.05) is 13.1 Å². The van der Waals surface area contributed by atoms with Gasteiger partial charge in [0.2, 0.25) is 15.9 Å². The lowest BCUT2D eigenvalue weighted by Gasteiger charge is -2.37. The molecule has 9 heteroatoms. The predicted molar refractivity (Wildman–Crippen MR) is 104 cm³/mol. The largest absolute Gasteiger partial charge is 0.466 e. The number of anilines is 1. The number of benzene rings is 1. The zero-order valence-electron chi connectivity index (χ0n) is 16.4. The zero-order chi connectivity index (χ0) is 20.9. The summed E-state index contributed by atoms with van der Waals surface area (Å²) in [5.41, 5.74) is -0.147. The maximum atomic E-state index is 14.3. The van der Waals surface area contributed by atoms with Crippen molar-refractivity contribution in [2.45, 2.75) is 39.2 Å². The quantitative estimate of drug-likeness (QED) is 0.639. The van der Waals surface area contributed by atoms with Crippen molar-refractivity contribution in [1.29, 1.82) is 0 Å². The van der Waals surface area contributed by atoms with Crippen molar-refractivity contribution in [1.82, 2.24) is 4.90 Å². The molecule has 0 saturated carbocycles. The van der Waals surface area contributed by atoms with Crippen LogP contribution in [0.3, 0.4) is 0 Å². The summed E-state index contributed by atoms with van der Waals surface area (Å²) in [7, 11) is -3.90. The lowest BCUT2D eigenvalue weighted by molar-refractivity contribution is -0.151. The maximum absolute atomic E-state index is 14.3. The number of ether oxygens (including phenoxy) is 1. The second-order valence-electron chi connectivity index (χ2n) is 6.79. The number of likely N-dealkylation sites (tertiary alicyclic amines) is 1. The molecule has 1 saturated heterocycles. The Bertz CT molecular complexity index is 806. The zero-order valence-corrected chi connectivity index (χ0v) is 17.2. The smallest absolute Gasteiger partial charge is 0.309 e. The molecule has 1 aromatic carbocycles. The van der Waals surface area contributed by atoms with E-state index in [1.54, 1.807) is 18.7 Å². The van der Waals surface area contributed by atoms with E-state index < -0.39 is 27.8 Å². The molecule has 1 aliphatic rings. The van der Waals surface area contributed by atoms with Crippen LogP contribution in [0.1, 0.15) is 33.1 Å². The number of nitrogens with zero attached hydrogens (tertiary/aromatic N) is 2. The number of carbonyl (C=O) groups is 2. The van der Waals surface area contributed by atoms with Gasteiger partial charge in [0.1, 0.15) is 11.9 Å². The molecule has 1 atom stereocenters. The number of esters is 1. The molecule has 7 nitrogen and oxygen atoms in total. The Balaban J connectivity index is 2.22. The van der Waals surface area contributed by atoms with Crippen molar-refractivity contribution in [3.63, 3.8) is 0 Å². The number of para-hydroxylation sites is 1. The highest BCUT2D eigenvalue weighted by atomic mass is 32.2. The van der Waals surface area contributed by atoms with Gasteiger partial charge in [0.05, 0.1) is 24.5 Å². The van der Waals surface area contributed by atoms with Crippen LogP contribution in [-0.4, -0.2) is 57.2 Å². The Kier molecular flexibility index (Phi) is 7.40. The molecule has 1 aromatic rings. The third kappa shape index (κ3) is 5.01. The summed E-state index contributed by atoms with van der Waals surface area (Å²) in [6.07, 6.45) is 2.07. The highest BCUT2D eigenvalue weighted by Gasteiger charge is 2.37. The summed E-state index contributed by atoms with van der Waals surface area (Å²) in [5, 5.41) is 0. The van der Waals surface area contributed by atoms with Crippen LogP contribution >= 0.6 is 0 Å². The number of carbonyl (C=O) groups excluding carboxylic acids is 2. The standard InChI is InChI=1S/C19H27FN2O5S/c1-4-16(22(28(3,25)26)17-9-7-6-8-15(17)20)18(23)21-12-10-14(11-13-21)19(24)27-5-2/h6-9,14,16H,4-5,10-13H2,1-3H3/t16-/m0/s1. The van der Waals surface area contributed by atoms with Crippen molar-refractivity contribution < 1.29 is 27.1 Å². The van der Waals surface area contributed by atoms with Gasteiger partial charge in [-0.15, -0.1) is 0 Å². The number of piperidine rings is 1. The normalized spacial score (nSPS) is 16.5. The number of amides is 1. The minimum absolute atomic E-state index is 0.147. The van der Waals surface area contributed by atoms with E-state index in [4.69, 9.17) is 4.74 Å². The SMILES string of the molecule is CCOC(=O)C1CCN(C(=O)[C@H](CC)N(c2ccccc2F)S(C)(=O)=O)CC1. The highest BCUT2D eigenvalue weighted by molar-refractivity contribution is 7.92. The van der Waals surface area contributed by atoms with Gasteiger partial charge >= 0.3 is 5.97 Å². The summed E-state index contributed by atoms with van der Waals surface area (Å²) in [4.78, 5) is 26.5. The molecule has 1 aliphatic heterocycles. The molecule has 2 rings (SSSR count). The molecular formula is C19H27FN2O5S. The van der Waals surface area contributed by atoms with Crippen molar-refractivity contribution in [2.75, 3.05) is 30.3 Å². The first-order chi connectivity index (χ1) is 13.2.